The molecule has 1 aromatic carbocycles. The Balaban J connectivity index is 1.99. The van der Waals surface area contributed by atoms with E-state index >= 15 is 0 Å². The van der Waals surface area contributed by atoms with Gasteiger partial charge in [0.1, 0.15) is 5.75 Å². The fourth-order valence-electron chi connectivity index (χ4n) is 2.43. The first kappa shape index (κ1) is 15.2. The maximum atomic E-state index is 12.5. The van der Waals surface area contributed by atoms with E-state index in [0.29, 0.717) is 11.7 Å². The first-order chi connectivity index (χ1) is 9.49. The molecule has 3 N–H and O–H groups in total. The second kappa shape index (κ2) is 6.50. The Morgan fingerprint density at radius 2 is 2.10 bits per heavy atom. The number of hydrogen-bond donors (Lipinski definition) is 2. The number of hydrogen-bond acceptors (Lipinski definition) is 4. The lowest BCUT2D eigenvalue weighted by molar-refractivity contribution is -0.134. The van der Waals surface area contributed by atoms with E-state index in [0.717, 1.165) is 17.9 Å². The normalized spacial score (nSPS) is 24.4. The molecule has 3 atom stereocenters. The van der Waals surface area contributed by atoms with Crippen molar-refractivity contribution in [3.63, 3.8) is 0 Å². The minimum absolute atomic E-state index is 0.0257. The number of rotatable bonds is 3. The maximum absolute atomic E-state index is 12.5. The van der Waals surface area contributed by atoms with Gasteiger partial charge in [0.15, 0.2) is 0 Å². The summed E-state index contributed by atoms with van der Waals surface area (Å²) in [5.41, 5.74) is 7.03. The Hall–Kier alpha value is -1.20. The molecular weight excluding hydrogens is 272 g/mol. The second-order valence-electron chi connectivity index (χ2n) is 5.33. The van der Waals surface area contributed by atoms with Crippen LogP contribution in [0.3, 0.4) is 0 Å². The fraction of sp³-hybridized carbons (Fsp3) is 0.533. The van der Waals surface area contributed by atoms with E-state index in [9.17, 15) is 9.90 Å². The van der Waals surface area contributed by atoms with Gasteiger partial charge in [0.05, 0.1) is 6.04 Å². The first-order valence-corrected chi connectivity index (χ1v) is 7.99. The van der Waals surface area contributed by atoms with Crippen LogP contribution < -0.4 is 5.73 Å². The monoisotopic (exact) mass is 294 g/mol. The summed E-state index contributed by atoms with van der Waals surface area (Å²) < 4.78 is 0. The van der Waals surface area contributed by atoms with Gasteiger partial charge in [-0.2, -0.15) is 11.8 Å². The Morgan fingerprint density at radius 3 is 2.75 bits per heavy atom. The highest BCUT2D eigenvalue weighted by atomic mass is 32.2. The third-order valence-electron chi connectivity index (χ3n) is 3.88. The zero-order valence-corrected chi connectivity index (χ0v) is 12.8. The molecule has 0 radical (unpaired) electrons. The summed E-state index contributed by atoms with van der Waals surface area (Å²) in [5, 5.41) is 9.71. The van der Waals surface area contributed by atoms with Crippen molar-refractivity contribution in [1.82, 2.24) is 4.90 Å². The third-order valence-corrected chi connectivity index (χ3v) is 5.21. The van der Waals surface area contributed by atoms with Crippen molar-refractivity contribution in [2.45, 2.75) is 37.6 Å². The summed E-state index contributed by atoms with van der Waals surface area (Å²) >= 11 is 1.90. The molecule has 1 amide bonds. The van der Waals surface area contributed by atoms with Crippen LogP contribution in [0.5, 0.6) is 5.75 Å². The van der Waals surface area contributed by atoms with Crippen LogP contribution in [0.2, 0.25) is 0 Å². The maximum Gasteiger partial charge on any atom is 0.240 e. The van der Waals surface area contributed by atoms with Gasteiger partial charge in [0, 0.05) is 23.6 Å². The van der Waals surface area contributed by atoms with Crippen molar-refractivity contribution < 1.29 is 9.90 Å². The largest absolute Gasteiger partial charge is 0.508 e. The minimum Gasteiger partial charge on any atom is -0.508 e. The number of phenolic OH excluding ortho intramolecular Hbond substituents is 1. The highest BCUT2D eigenvalue weighted by Crippen LogP contribution is 2.24. The summed E-state index contributed by atoms with van der Waals surface area (Å²) in [6.45, 7) is 5.01. The molecule has 0 spiro atoms. The average Bonchev–Trinajstić information content (AvgIpc) is 2.43. The zero-order chi connectivity index (χ0) is 14.7. The van der Waals surface area contributed by atoms with Gasteiger partial charge in [-0.05, 0) is 31.0 Å². The van der Waals surface area contributed by atoms with Gasteiger partial charge in [0.2, 0.25) is 5.91 Å². The molecule has 1 heterocycles. The van der Waals surface area contributed by atoms with E-state index in [4.69, 9.17) is 5.73 Å². The SMILES string of the molecule is CC1SCCN(C(=O)[C@H](N)Cc2ccc(O)cc2)C1C. The van der Waals surface area contributed by atoms with Crippen molar-refractivity contribution in [1.29, 1.82) is 0 Å². The van der Waals surface area contributed by atoms with Gasteiger partial charge in [0.25, 0.3) is 0 Å². The molecule has 20 heavy (non-hydrogen) atoms. The molecule has 2 unspecified atom stereocenters. The second-order valence-corrected chi connectivity index (χ2v) is 6.81. The van der Waals surface area contributed by atoms with Crippen molar-refractivity contribution in [3.8, 4) is 5.75 Å². The predicted molar refractivity (Wildman–Crippen MR) is 82.9 cm³/mol. The molecule has 0 bridgehead atoms. The van der Waals surface area contributed by atoms with E-state index < -0.39 is 6.04 Å². The van der Waals surface area contributed by atoms with Gasteiger partial charge in [-0.25, -0.2) is 0 Å². The summed E-state index contributed by atoms with van der Waals surface area (Å²) in [6, 6.07) is 6.56. The minimum atomic E-state index is -0.516. The third kappa shape index (κ3) is 3.46. The van der Waals surface area contributed by atoms with E-state index in [1.807, 2.05) is 16.7 Å². The topological polar surface area (TPSA) is 66.6 Å². The van der Waals surface area contributed by atoms with Crippen molar-refractivity contribution in [3.05, 3.63) is 29.8 Å². The van der Waals surface area contributed by atoms with Crippen LogP contribution in [0.4, 0.5) is 0 Å². The molecule has 0 aliphatic carbocycles. The molecule has 1 aromatic rings. The van der Waals surface area contributed by atoms with Crippen molar-refractivity contribution >= 4 is 17.7 Å². The lowest BCUT2D eigenvalue weighted by atomic mass is 10.0. The Kier molecular flexibility index (Phi) is 4.94. The van der Waals surface area contributed by atoms with Crippen LogP contribution in [0.15, 0.2) is 24.3 Å². The number of amides is 1. The molecule has 1 saturated heterocycles. The zero-order valence-electron chi connectivity index (χ0n) is 12.0. The molecule has 1 aliphatic rings. The lowest BCUT2D eigenvalue weighted by Gasteiger charge is -2.38. The average molecular weight is 294 g/mol. The van der Waals surface area contributed by atoms with E-state index in [2.05, 4.69) is 13.8 Å². The van der Waals surface area contributed by atoms with Crippen LogP contribution in [-0.2, 0) is 11.2 Å². The molecule has 1 aliphatic heterocycles. The van der Waals surface area contributed by atoms with Crippen LogP contribution in [0.1, 0.15) is 19.4 Å². The molecule has 2 rings (SSSR count). The molecule has 5 heteroatoms. The quantitative estimate of drug-likeness (QED) is 0.889. The standard InChI is InChI=1S/C15H22N2O2S/c1-10-11(2)20-8-7-17(10)15(19)14(16)9-12-3-5-13(18)6-4-12/h3-6,10-11,14,18H,7-9,16H2,1-2H3/t10?,11?,14-/m1/s1. The molecule has 4 nitrogen and oxygen atoms in total. The molecule has 110 valence electrons. The van der Waals surface area contributed by atoms with Crippen LogP contribution in [0, 0.1) is 0 Å². The van der Waals surface area contributed by atoms with Crippen LogP contribution in [0.25, 0.3) is 0 Å². The summed E-state index contributed by atoms with van der Waals surface area (Å²) in [6.07, 6.45) is 0.504. The van der Waals surface area contributed by atoms with Crippen molar-refractivity contribution in [2.24, 2.45) is 5.73 Å². The van der Waals surface area contributed by atoms with Gasteiger partial charge < -0.3 is 15.7 Å². The Bertz CT molecular complexity index is 463. The fourth-order valence-corrected chi connectivity index (χ4v) is 3.53. The summed E-state index contributed by atoms with van der Waals surface area (Å²) in [4.78, 5) is 14.4. The number of nitrogens with two attached hydrogens (primary N) is 1. The highest BCUT2D eigenvalue weighted by molar-refractivity contribution is 8.00. The number of carbonyl (C=O) groups excluding carboxylic acids is 1. The molecule has 1 fully saturated rings. The van der Waals surface area contributed by atoms with Crippen LogP contribution >= 0.6 is 11.8 Å². The summed E-state index contributed by atoms with van der Waals surface area (Å²) in [7, 11) is 0. The predicted octanol–water partition coefficient (Wildman–Crippen LogP) is 1.61. The van der Waals surface area contributed by atoms with Crippen LogP contribution in [-0.4, -0.2) is 45.5 Å². The Labute approximate surface area is 124 Å². The molecule has 0 aromatic heterocycles. The van der Waals surface area contributed by atoms with Gasteiger partial charge in [-0.1, -0.05) is 19.1 Å². The van der Waals surface area contributed by atoms with E-state index in [1.54, 1.807) is 24.3 Å². The van der Waals surface area contributed by atoms with Gasteiger partial charge in [-0.15, -0.1) is 0 Å². The van der Waals surface area contributed by atoms with Gasteiger partial charge in [-0.3, -0.25) is 4.79 Å². The first-order valence-electron chi connectivity index (χ1n) is 6.94. The number of nitrogens with zero attached hydrogens (tertiary/aromatic N) is 1. The van der Waals surface area contributed by atoms with Crippen molar-refractivity contribution in [2.75, 3.05) is 12.3 Å². The Morgan fingerprint density at radius 1 is 1.45 bits per heavy atom. The van der Waals surface area contributed by atoms with E-state index in [1.165, 1.54) is 0 Å². The summed E-state index contributed by atoms with van der Waals surface area (Å²) in [5.74, 6) is 1.23. The number of thioether (sulfide) groups is 1. The highest BCUT2D eigenvalue weighted by Gasteiger charge is 2.31. The molecular formula is C15H22N2O2S. The number of benzene rings is 1. The smallest absolute Gasteiger partial charge is 0.240 e. The molecule has 0 saturated carbocycles. The number of aromatic hydroxyl groups is 1. The lowest BCUT2D eigenvalue weighted by Crippen LogP contribution is -2.54. The number of phenols is 1. The van der Waals surface area contributed by atoms with E-state index in [-0.39, 0.29) is 17.7 Å². The van der Waals surface area contributed by atoms with Gasteiger partial charge >= 0.3 is 0 Å². The number of carbonyl (C=O) groups is 1.